The molecule has 3 nitrogen and oxygen atoms in total. The van der Waals surface area contributed by atoms with Gasteiger partial charge in [-0.15, -0.1) is 11.3 Å². The second-order valence-corrected chi connectivity index (χ2v) is 5.63. The van der Waals surface area contributed by atoms with Crippen LogP contribution in [0.3, 0.4) is 0 Å². The molecular formula is C17H12N2OS. The van der Waals surface area contributed by atoms with Crippen LogP contribution in [0.15, 0.2) is 54.6 Å². The summed E-state index contributed by atoms with van der Waals surface area (Å²) in [7, 11) is 0. The van der Waals surface area contributed by atoms with Gasteiger partial charge in [0, 0.05) is 11.1 Å². The molecule has 0 aliphatic carbocycles. The summed E-state index contributed by atoms with van der Waals surface area (Å²) in [6, 6.07) is 18.8. The SMILES string of the molecule is N#Cc1sc(N)c(-c2ccccc2)c1-c1cccc(O)c1. The van der Waals surface area contributed by atoms with E-state index in [4.69, 9.17) is 5.73 Å². The first-order valence-electron chi connectivity index (χ1n) is 6.38. The minimum Gasteiger partial charge on any atom is -0.508 e. The molecule has 0 fully saturated rings. The summed E-state index contributed by atoms with van der Waals surface area (Å²) in [6.45, 7) is 0. The zero-order valence-electron chi connectivity index (χ0n) is 11.1. The van der Waals surface area contributed by atoms with Crippen molar-refractivity contribution in [3.8, 4) is 34.1 Å². The lowest BCUT2D eigenvalue weighted by atomic mass is 9.96. The Morgan fingerprint density at radius 1 is 0.952 bits per heavy atom. The lowest BCUT2D eigenvalue weighted by Crippen LogP contribution is -1.87. The van der Waals surface area contributed by atoms with Crippen LogP contribution >= 0.6 is 11.3 Å². The second-order valence-electron chi connectivity index (χ2n) is 4.57. The molecule has 4 heteroatoms. The van der Waals surface area contributed by atoms with E-state index in [-0.39, 0.29) is 5.75 Å². The van der Waals surface area contributed by atoms with Crippen LogP contribution in [0.4, 0.5) is 5.00 Å². The van der Waals surface area contributed by atoms with Crippen molar-refractivity contribution in [2.75, 3.05) is 5.73 Å². The number of thiophene rings is 1. The molecule has 21 heavy (non-hydrogen) atoms. The van der Waals surface area contributed by atoms with Gasteiger partial charge in [0.05, 0.1) is 5.00 Å². The Morgan fingerprint density at radius 2 is 1.67 bits per heavy atom. The number of phenolic OH excluding ortho intramolecular Hbond substituents is 1. The smallest absolute Gasteiger partial charge is 0.116 e. The first-order valence-corrected chi connectivity index (χ1v) is 7.19. The Morgan fingerprint density at radius 3 is 2.33 bits per heavy atom. The minimum absolute atomic E-state index is 0.167. The van der Waals surface area contributed by atoms with E-state index >= 15 is 0 Å². The van der Waals surface area contributed by atoms with E-state index in [1.807, 2.05) is 36.4 Å². The van der Waals surface area contributed by atoms with Crippen LogP contribution in [-0.2, 0) is 0 Å². The number of nitrogens with zero attached hydrogens (tertiary/aromatic N) is 1. The molecule has 1 aromatic heterocycles. The number of hydrogen-bond acceptors (Lipinski definition) is 4. The molecule has 2 aromatic carbocycles. The summed E-state index contributed by atoms with van der Waals surface area (Å²) in [4.78, 5) is 0.553. The summed E-state index contributed by atoms with van der Waals surface area (Å²) in [6.07, 6.45) is 0. The zero-order chi connectivity index (χ0) is 14.8. The Balaban J connectivity index is 2.31. The Labute approximate surface area is 126 Å². The maximum atomic E-state index is 9.70. The van der Waals surface area contributed by atoms with E-state index in [2.05, 4.69) is 6.07 Å². The third kappa shape index (κ3) is 2.35. The molecule has 0 aliphatic heterocycles. The van der Waals surface area contributed by atoms with E-state index in [0.717, 1.165) is 22.3 Å². The highest BCUT2D eigenvalue weighted by atomic mass is 32.1. The van der Waals surface area contributed by atoms with Crippen molar-refractivity contribution < 1.29 is 5.11 Å². The first kappa shape index (κ1) is 13.2. The van der Waals surface area contributed by atoms with Gasteiger partial charge in [-0.3, -0.25) is 0 Å². The first-order chi connectivity index (χ1) is 10.2. The zero-order valence-corrected chi connectivity index (χ0v) is 11.9. The second kappa shape index (κ2) is 5.31. The van der Waals surface area contributed by atoms with Gasteiger partial charge in [-0.25, -0.2) is 0 Å². The average molecular weight is 292 g/mol. The van der Waals surface area contributed by atoms with Gasteiger partial charge in [0.25, 0.3) is 0 Å². The molecule has 0 spiro atoms. The maximum absolute atomic E-state index is 9.70. The number of anilines is 1. The summed E-state index contributed by atoms with van der Waals surface area (Å²) in [5.41, 5.74) is 9.51. The van der Waals surface area contributed by atoms with Gasteiger partial charge in [-0.1, -0.05) is 42.5 Å². The molecule has 0 atom stereocenters. The molecular weight excluding hydrogens is 280 g/mol. The standard InChI is InChI=1S/C17H12N2OS/c18-10-14-15(12-7-4-8-13(20)9-12)16(17(19)21-14)11-5-2-1-3-6-11/h1-9,20H,19H2. The van der Waals surface area contributed by atoms with Crippen LogP contribution in [0.5, 0.6) is 5.75 Å². The topological polar surface area (TPSA) is 70.0 Å². The van der Waals surface area contributed by atoms with Gasteiger partial charge in [0.2, 0.25) is 0 Å². The van der Waals surface area contributed by atoms with Crippen molar-refractivity contribution in [2.24, 2.45) is 0 Å². The van der Waals surface area contributed by atoms with Gasteiger partial charge in [-0.2, -0.15) is 5.26 Å². The monoisotopic (exact) mass is 292 g/mol. The van der Waals surface area contributed by atoms with Crippen LogP contribution in [0.25, 0.3) is 22.3 Å². The maximum Gasteiger partial charge on any atom is 0.116 e. The van der Waals surface area contributed by atoms with E-state index in [0.29, 0.717) is 9.88 Å². The van der Waals surface area contributed by atoms with Crippen LogP contribution in [0, 0.1) is 11.3 Å². The summed E-state index contributed by atoms with van der Waals surface area (Å²) >= 11 is 1.27. The van der Waals surface area contributed by atoms with Crippen molar-refractivity contribution in [2.45, 2.75) is 0 Å². The number of hydrogen-bond donors (Lipinski definition) is 2. The van der Waals surface area contributed by atoms with Crippen molar-refractivity contribution in [3.63, 3.8) is 0 Å². The fourth-order valence-electron chi connectivity index (χ4n) is 2.36. The number of nitriles is 1. The highest BCUT2D eigenvalue weighted by Gasteiger charge is 2.19. The molecule has 0 aliphatic rings. The van der Waals surface area contributed by atoms with Gasteiger partial charge < -0.3 is 10.8 Å². The summed E-state index contributed by atoms with van der Waals surface area (Å²) in [5, 5.41) is 19.7. The lowest BCUT2D eigenvalue weighted by Gasteiger charge is -2.07. The van der Waals surface area contributed by atoms with Crippen molar-refractivity contribution >= 4 is 16.3 Å². The van der Waals surface area contributed by atoms with Crippen molar-refractivity contribution in [1.29, 1.82) is 5.26 Å². The number of rotatable bonds is 2. The Hall–Kier alpha value is -2.77. The summed E-state index contributed by atoms with van der Waals surface area (Å²) < 4.78 is 0. The van der Waals surface area contributed by atoms with E-state index in [1.54, 1.807) is 18.2 Å². The molecule has 3 N–H and O–H groups in total. The van der Waals surface area contributed by atoms with E-state index < -0.39 is 0 Å². The predicted molar refractivity (Wildman–Crippen MR) is 86.0 cm³/mol. The molecule has 3 aromatic rings. The largest absolute Gasteiger partial charge is 0.508 e. The quantitative estimate of drug-likeness (QED) is 0.742. The number of phenols is 1. The van der Waals surface area contributed by atoms with E-state index in [1.165, 1.54) is 11.3 Å². The third-order valence-corrected chi connectivity index (χ3v) is 4.16. The van der Waals surface area contributed by atoms with Crippen LogP contribution in [0.1, 0.15) is 4.88 Å². The fourth-order valence-corrected chi connectivity index (χ4v) is 3.27. The number of nitrogen functional groups attached to an aromatic ring is 1. The number of nitrogens with two attached hydrogens (primary N) is 1. The van der Waals surface area contributed by atoms with Crippen LogP contribution < -0.4 is 5.73 Å². The average Bonchev–Trinajstić information content (AvgIpc) is 2.85. The third-order valence-electron chi connectivity index (χ3n) is 3.23. The highest BCUT2D eigenvalue weighted by Crippen LogP contribution is 2.45. The summed E-state index contributed by atoms with van der Waals surface area (Å²) in [5.74, 6) is 0.167. The minimum atomic E-state index is 0.167. The molecule has 102 valence electrons. The number of aromatic hydroxyl groups is 1. The lowest BCUT2D eigenvalue weighted by molar-refractivity contribution is 0.475. The van der Waals surface area contributed by atoms with Crippen LogP contribution in [-0.4, -0.2) is 5.11 Å². The van der Waals surface area contributed by atoms with Crippen molar-refractivity contribution in [1.82, 2.24) is 0 Å². The van der Waals surface area contributed by atoms with Crippen molar-refractivity contribution in [3.05, 3.63) is 59.5 Å². The molecule has 0 unspecified atom stereocenters. The van der Waals surface area contributed by atoms with Gasteiger partial charge in [0.15, 0.2) is 0 Å². The van der Waals surface area contributed by atoms with E-state index in [9.17, 15) is 10.4 Å². The molecule has 0 bridgehead atoms. The van der Waals surface area contributed by atoms with Gasteiger partial charge in [-0.05, 0) is 23.3 Å². The number of benzene rings is 2. The molecule has 0 saturated heterocycles. The predicted octanol–water partition coefficient (Wildman–Crippen LogP) is 4.24. The molecule has 1 heterocycles. The molecule has 0 saturated carbocycles. The molecule has 0 amide bonds. The Bertz CT molecular complexity index is 832. The van der Waals surface area contributed by atoms with Gasteiger partial charge in [0.1, 0.15) is 16.7 Å². The normalized spacial score (nSPS) is 10.2. The fraction of sp³-hybridized carbons (Fsp3) is 0. The van der Waals surface area contributed by atoms with Crippen LogP contribution in [0.2, 0.25) is 0 Å². The van der Waals surface area contributed by atoms with Gasteiger partial charge >= 0.3 is 0 Å². The molecule has 3 rings (SSSR count). The Kier molecular flexibility index (Phi) is 3.35. The molecule has 0 radical (unpaired) electrons. The highest BCUT2D eigenvalue weighted by molar-refractivity contribution is 7.17.